The standard InChI is InChI=1S/C21H22N6OS/c1-28-16-6-4-14(5-7-16)18-19(27-11-12-29-21(27)26-18)17-8-10-23-20(25-17)24-15-3-2-9-22-13-15/h4-8,10-12,15,22H,2-3,9,13H2,1H3,(H,23,24,25)/t15-/m1/s1. The second-order valence-electron chi connectivity index (χ2n) is 7.05. The molecule has 29 heavy (non-hydrogen) atoms. The van der Waals surface area contributed by atoms with Crippen LogP contribution in [0.3, 0.4) is 0 Å². The van der Waals surface area contributed by atoms with E-state index in [1.54, 1.807) is 18.4 Å². The molecule has 2 N–H and O–H groups in total. The third-order valence-electron chi connectivity index (χ3n) is 5.15. The van der Waals surface area contributed by atoms with E-state index < -0.39 is 0 Å². The minimum atomic E-state index is 0.353. The predicted octanol–water partition coefficient (Wildman–Crippen LogP) is 3.69. The van der Waals surface area contributed by atoms with Gasteiger partial charge >= 0.3 is 0 Å². The average molecular weight is 407 g/mol. The summed E-state index contributed by atoms with van der Waals surface area (Å²) in [6, 6.07) is 10.3. The fourth-order valence-corrected chi connectivity index (χ4v) is 4.41. The highest BCUT2D eigenvalue weighted by Crippen LogP contribution is 2.34. The number of nitrogens with zero attached hydrogens (tertiary/aromatic N) is 4. The Kier molecular flexibility index (Phi) is 4.87. The van der Waals surface area contributed by atoms with Crippen LogP contribution in [0.4, 0.5) is 5.95 Å². The van der Waals surface area contributed by atoms with Crippen LogP contribution in [0.15, 0.2) is 48.1 Å². The van der Waals surface area contributed by atoms with Crippen molar-refractivity contribution in [1.29, 1.82) is 0 Å². The number of rotatable bonds is 5. The van der Waals surface area contributed by atoms with Gasteiger partial charge in [0.1, 0.15) is 11.4 Å². The number of anilines is 1. The van der Waals surface area contributed by atoms with Crippen LogP contribution in [-0.2, 0) is 0 Å². The first-order valence-electron chi connectivity index (χ1n) is 9.72. The summed E-state index contributed by atoms with van der Waals surface area (Å²) >= 11 is 1.61. The highest BCUT2D eigenvalue weighted by atomic mass is 32.1. The van der Waals surface area contributed by atoms with E-state index >= 15 is 0 Å². The molecule has 0 radical (unpaired) electrons. The number of ether oxygens (including phenoxy) is 1. The fraction of sp³-hybridized carbons (Fsp3) is 0.286. The van der Waals surface area contributed by atoms with Crippen LogP contribution < -0.4 is 15.4 Å². The third kappa shape index (κ3) is 3.56. The first-order valence-corrected chi connectivity index (χ1v) is 10.6. The van der Waals surface area contributed by atoms with Crippen LogP contribution in [0.25, 0.3) is 27.6 Å². The molecule has 0 spiro atoms. The van der Waals surface area contributed by atoms with Crippen molar-refractivity contribution >= 4 is 22.2 Å². The van der Waals surface area contributed by atoms with Gasteiger partial charge in [0.2, 0.25) is 5.95 Å². The van der Waals surface area contributed by atoms with Crippen LogP contribution in [0.5, 0.6) is 5.75 Å². The van der Waals surface area contributed by atoms with Gasteiger partial charge in [-0.15, -0.1) is 11.3 Å². The zero-order valence-electron chi connectivity index (χ0n) is 16.1. The van der Waals surface area contributed by atoms with Crippen molar-refractivity contribution in [1.82, 2.24) is 24.7 Å². The highest BCUT2D eigenvalue weighted by molar-refractivity contribution is 7.15. The van der Waals surface area contributed by atoms with E-state index in [2.05, 4.69) is 20.0 Å². The Balaban J connectivity index is 1.55. The van der Waals surface area contributed by atoms with Gasteiger partial charge in [0, 0.05) is 35.9 Å². The summed E-state index contributed by atoms with van der Waals surface area (Å²) < 4.78 is 7.39. The second-order valence-corrected chi connectivity index (χ2v) is 7.92. The Bertz CT molecular complexity index is 1110. The lowest BCUT2D eigenvalue weighted by atomic mass is 10.1. The topological polar surface area (TPSA) is 76.4 Å². The van der Waals surface area contributed by atoms with Crippen LogP contribution in [0, 0.1) is 0 Å². The van der Waals surface area contributed by atoms with E-state index in [0.717, 1.165) is 59.3 Å². The van der Waals surface area contributed by atoms with Gasteiger partial charge in [-0.05, 0) is 49.7 Å². The summed E-state index contributed by atoms with van der Waals surface area (Å²) in [5.74, 6) is 1.48. The molecule has 4 heterocycles. The highest BCUT2D eigenvalue weighted by Gasteiger charge is 2.19. The maximum absolute atomic E-state index is 5.29. The number of fused-ring (bicyclic) bond motifs is 1. The van der Waals surface area contributed by atoms with E-state index in [1.807, 2.05) is 48.1 Å². The molecule has 3 aromatic heterocycles. The summed E-state index contributed by atoms with van der Waals surface area (Å²) in [5, 5.41) is 8.93. The Labute approximate surface area is 172 Å². The fourth-order valence-electron chi connectivity index (χ4n) is 3.70. The average Bonchev–Trinajstić information content (AvgIpc) is 3.36. The molecule has 7 nitrogen and oxygen atoms in total. The Morgan fingerprint density at radius 2 is 2.10 bits per heavy atom. The number of piperidine rings is 1. The Hall–Kier alpha value is -2.97. The molecule has 0 unspecified atom stereocenters. The van der Waals surface area contributed by atoms with Crippen molar-refractivity contribution in [2.75, 3.05) is 25.5 Å². The largest absolute Gasteiger partial charge is 0.497 e. The molecule has 0 saturated carbocycles. The number of aromatic nitrogens is 4. The van der Waals surface area contributed by atoms with Gasteiger partial charge in [0.05, 0.1) is 18.5 Å². The van der Waals surface area contributed by atoms with E-state index in [0.29, 0.717) is 12.0 Å². The normalized spacial score (nSPS) is 16.8. The van der Waals surface area contributed by atoms with Gasteiger partial charge in [-0.2, -0.15) is 0 Å². The van der Waals surface area contributed by atoms with Gasteiger partial charge in [0.25, 0.3) is 0 Å². The lowest BCUT2D eigenvalue weighted by Gasteiger charge is -2.23. The quantitative estimate of drug-likeness (QED) is 0.526. The van der Waals surface area contributed by atoms with Crippen LogP contribution in [-0.4, -0.2) is 45.6 Å². The second kappa shape index (κ2) is 7.81. The van der Waals surface area contributed by atoms with Crippen molar-refractivity contribution in [2.24, 2.45) is 0 Å². The van der Waals surface area contributed by atoms with Crippen LogP contribution >= 0.6 is 11.3 Å². The molecule has 8 heteroatoms. The van der Waals surface area contributed by atoms with Crippen molar-refractivity contribution < 1.29 is 4.74 Å². The van der Waals surface area contributed by atoms with Gasteiger partial charge in [-0.1, -0.05) is 0 Å². The molecular formula is C21H22N6OS. The molecule has 0 amide bonds. The summed E-state index contributed by atoms with van der Waals surface area (Å²) in [5.41, 5.74) is 3.76. The van der Waals surface area contributed by atoms with Crippen molar-refractivity contribution in [3.8, 4) is 28.4 Å². The Morgan fingerprint density at radius 1 is 1.21 bits per heavy atom. The van der Waals surface area contributed by atoms with Gasteiger partial charge < -0.3 is 15.4 Å². The van der Waals surface area contributed by atoms with Crippen LogP contribution in [0.1, 0.15) is 12.8 Å². The molecule has 1 aliphatic rings. The first kappa shape index (κ1) is 18.1. The summed E-state index contributed by atoms with van der Waals surface area (Å²) in [6.45, 7) is 2.02. The molecule has 0 aliphatic carbocycles. The van der Waals surface area contributed by atoms with Gasteiger partial charge in [-0.3, -0.25) is 4.40 Å². The minimum Gasteiger partial charge on any atom is -0.497 e. The van der Waals surface area contributed by atoms with Gasteiger partial charge in [-0.25, -0.2) is 15.0 Å². The molecule has 5 rings (SSSR count). The van der Waals surface area contributed by atoms with E-state index in [1.165, 1.54) is 0 Å². The van der Waals surface area contributed by atoms with E-state index in [4.69, 9.17) is 14.7 Å². The lowest BCUT2D eigenvalue weighted by Crippen LogP contribution is -2.38. The lowest BCUT2D eigenvalue weighted by molar-refractivity contribution is 0.415. The van der Waals surface area contributed by atoms with Crippen molar-refractivity contribution in [3.05, 3.63) is 48.1 Å². The van der Waals surface area contributed by atoms with Gasteiger partial charge in [0.15, 0.2) is 4.96 Å². The number of thiazole rings is 1. The third-order valence-corrected chi connectivity index (χ3v) is 5.91. The SMILES string of the molecule is COc1ccc(-c2nc3sccn3c2-c2ccnc(N[C@@H]3CCCNC3)n2)cc1. The number of benzene rings is 1. The molecule has 1 aromatic carbocycles. The monoisotopic (exact) mass is 406 g/mol. The first-order chi connectivity index (χ1) is 14.3. The van der Waals surface area contributed by atoms with E-state index in [-0.39, 0.29) is 0 Å². The maximum Gasteiger partial charge on any atom is 0.223 e. The minimum absolute atomic E-state index is 0.353. The molecule has 4 aromatic rings. The van der Waals surface area contributed by atoms with Crippen molar-refractivity contribution in [2.45, 2.75) is 18.9 Å². The van der Waals surface area contributed by atoms with E-state index in [9.17, 15) is 0 Å². The summed E-state index contributed by atoms with van der Waals surface area (Å²) in [7, 11) is 1.67. The number of imidazole rings is 1. The number of hydrogen-bond donors (Lipinski definition) is 2. The molecule has 0 bridgehead atoms. The Morgan fingerprint density at radius 3 is 2.90 bits per heavy atom. The summed E-state index contributed by atoms with van der Waals surface area (Å²) in [4.78, 5) is 15.1. The predicted molar refractivity (Wildman–Crippen MR) is 116 cm³/mol. The molecule has 148 valence electrons. The maximum atomic E-state index is 5.29. The zero-order chi connectivity index (χ0) is 19.6. The molecular weight excluding hydrogens is 384 g/mol. The number of methoxy groups -OCH3 is 1. The van der Waals surface area contributed by atoms with Crippen LogP contribution in [0.2, 0.25) is 0 Å². The molecule has 1 saturated heterocycles. The molecule has 1 atom stereocenters. The number of hydrogen-bond acceptors (Lipinski definition) is 7. The zero-order valence-corrected chi connectivity index (χ0v) is 16.9. The smallest absolute Gasteiger partial charge is 0.223 e. The molecule has 1 aliphatic heterocycles. The molecule has 1 fully saturated rings. The van der Waals surface area contributed by atoms with Crippen molar-refractivity contribution in [3.63, 3.8) is 0 Å². The summed E-state index contributed by atoms with van der Waals surface area (Å²) in [6.07, 6.45) is 6.14. The number of nitrogens with one attached hydrogen (secondary N) is 2.